The van der Waals surface area contributed by atoms with Crippen molar-refractivity contribution in [3.8, 4) is 0 Å². The van der Waals surface area contributed by atoms with E-state index in [0.717, 1.165) is 47.0 Å². The predicted molar refractivity (Wildman–Crippen MR) is 84.4 cm³/mol. The molecule has 1 unspecified atom stereocenters. The van der Waals surface area contributed by atoms with Crippen LogP contribution in [-0.2, 0) is 16.0 Å². The van der Waals surface area contributed by atoms with Gasteiger partial charge >= 0.3 is 0 Å². The van der Waals surface area contributed by atoms with Crippen molar-refractivity contribution in [3.05, 3.63) is 22.0 Å². The fourth-order valence-corrected chi connectivity index (χ4v) is 2.88. The van der Waals surface area contributed by atoms with Gasteiger partial charge in [-0.1, -0.05) is 0 Å². The lowest BCUT2D eigenvalue weighted by molar-refractivity contribution is -0.163. The Bertz CT molecular complexity index is 567. The fraction of sp³-hybridized carbons (Fsp3) is 0.571. The topological polar surface area (TPSA) is 49.2 Å². The Hall–Kier alpha value is -0.730. The van der Waals surface area contributed by atoms with Crippen LogP contribution in [-0.4, -0.2) is 34.3 Å². The number of rotatable bonds is 5. The van der Waals surface area contributed by atoms with E-state index in [-0.39, 0.29) is 6.29 Å². The lowest BCUT2D eigenvalue weighted by atomic mass is 10.2. The summed E-state index contributed by atoms with van der Waals surface area (Å²) < 4.78 is 14.3. The molecule has 2 aromatic heterocycles. The van der Waals surface area contributed by atoms with Crippen LogP contribution in [0.15, 0.2) is 18.5 Å². The molecule has 1 saturated heterocycles. The van der Waals surface area contributed by atoms with Crippen LogP contribution in [0.5, 0.6) is 0 Å². The van der Waals surface area contributed by atoms with E-state index >= 15 is 0 Å². The summed E-state index contributed by atoms with van der Waals surface area (Å²) in [6, 6.07) is 1.98. The lowest BCUT2D eigenvalue weighted by Crippen LogP contribution is -2.23. The largest absolute Gasteiger partial charge is 0.353 e. The highest BCUT2D eigenvalue weighted by atomic mass is 127. The quantitative estimate of drug-likeness (QED) is 0.585. The van der Waals surface area contributed by atoms with Gasteiger partial charge in [0.25, 0.3) is 0 Å². The van der Waals surface area contributed by atoms with E-state index in [0.29, 0.717) is 6.61 Å². The molecule has 5 nitrogen and oxygen atoms in total. The normalized spacial score (nSPS) is 19.6. The smallest absolute Gasteiger partial charge is 0.157 e. The average molecular weight is 387 g/mol. The van der Waals surface area contributed by atoms with E-state index < -0.39 is 0 Å². The summed E-state index contributed by atoms with van der Waals surface area (Å²) in [6.07, 6.45) is 8.14. The summed E-state index contributed by atoms with van der Waals surface area (Å²) in [4.78, 5) is 4.32. The van der Waals surface area contributed by atoms with Gasteiger partial charge in [-0.05, 0) is 54.3 Å². The Balaban J connectivity index is 1.48. The summed E-state index contributed by atoms with van der Waals surface area (Å²) in [5.74, 6) is 0. The third kappa shape index (κ3) is 3.48. The molecule has 2 aromatic rings. The molecule has 0 aliphatic carbocycles. The first-order valence-electron chi connectivity index (χ1n) is 7.04. The van der Waals surface area contributed by atoms with Gasteiger partial charge in [0.05, 0.1) is 12.8 Å². The molecule has 0 radical (unpaired) electrons. The summed E-state index contributed by atoms with van der Waals surface area (Å²) >= 11 is 2.29. The average Bonchev–Trinajstić information content (AvgIpc) is 2.89. The number of aromatic nitrogens is 3. The van der Waals surface area contributed by atoms with Crippen LogP contribution in [0.2, 0.25) is 0 Å². The number of hydrogen-bond acceptors (Lipinski definition) is 4. The number of aryl methyl sites for hydroxylation is 1. The van der Waals surface area contributed by atoms with E-state index in [1.165, 1.54) is 6.42 Å². The Morgan fingerprint density at radius 3 is 3.20 bits per heavy atom. The minimum Gasteiger partial charge on any atom is -0.353 e. The Morgan fingerprint density at radius 2 is 2.40 bits per heavy atom. The zero-order chi connectivity index (χ0) is 13.8. The number of fused-ring (bicyclic) bond motifs is 1. The molecule has 1 aliphatic rings. The molecule has 1 atom stereocenters. The van der Waals surface area contributed by atoms with Crippen LogP contribution in [0.3, 0.4) is 0 Å². The van der Waals surface area contributed by atoms with E-state index in [4.69, 9.17) is 9.47 Å². The number of ether oxygens (including phenoxy) is 2. The van der Waals surface area contributed by atoms with Crippen LogP contribution in [0.4, 0.5) is 0 Å². The Kier molecular flexibility index (Phi) is 4.85. The molecule has 0 bridgehead atoms. The first-order valence-corrected chi connectivity index (χ1v) is 8.12. The second kappa shape index (κ2) is 6.82. The molecule has 1 fully saturated rings. The summed E-state index contributed by atoms with van der Waals surface area (Å²) in [5, 5.41) is 4.56. The molecule has 0 amide bonds. The lowest BCUT2D eigenvalue weighted by Gasteiger charge is -2.22. The molecule has 0 spiro atoms. The predicted octanol–water partition coefficient (Wildman–Crippen LogP) is 2.97. The van der Waals surface area contributed by atoms with Crippen molar-refractivity contribution in [2.24, 2.45) is 0 Å². The van der Waals surface area contributed by atoms with Gasteiger partial charge in [0.1, 0.15) is 11.0 Å². The number of nitrogens with zero attached hydrogens (tertiary/aromatic N) is 3. The molecule has 0 saturated carbocycles. The van der Waals surface area contributed by atoms with E-state index in [1.54, 1.807) is 0 Å². The maximum atomic E-state index is 5.72. The van der Waals surface area contributed by atoms with Crippen molar-refractivity contribution in [1.29, 1.82) is 0 Å². The molecule has 1 aliphatic heterocycles. The van der Waals surface area contributed by atoms with Gasteiger partial charge in [0, 0.05) is 22.9 Å². The van der Waals surface area contributed by atoms with Crippen LogP contribution in [0.25, 0.3) is 11.0 Å². The summed E-state index contributed by atoms with van der Waals surface area (Å²) in [7, 11) is 0. The maximum Gasteiger partial charge on any atom is 0.157 e. The van der Waals surface area contributed by atoms with Crippen molar-refractivity contribution in [1.82, 2.24) is 14.8 Å². The molecule has 0 aromatic carbocycles. The maximum absolute atomic E-state index is 5.72. The Labute approximate surface area is 131 Å². The van der Waals surface area contributed by atoms with Crippen LogP contribution >= 0.6 is 22.6 Å². The monoisotopic (exact) mass is 387 g/mol. The molecular formula is C14H18IN3O2. The number of pyridine rings is 1. The standard InChI is InChI=1S/C14H18IN3O2/c15-11-5-6-16-12-10-18(17-14(11)12)7-3-9-20-13-4-1-2-8-19-13/h5-6,10,13H,1-4,7-9H2. The van der Waals surface area contributed by atoms with E-state index in [1.807, 2.05) is 23.1 Å². The minimum absolute atomic E-state index is 0.00283. The molecular weight excluding hydrogens is 369 g/mol. The van der Waals surface area contributed by atoms with Gasteiger partial charge in [-0.3, -0.25) is 9.67 Å². The highest BCUT2D eigenvalue weighted by molar-refractivity contribution is 14.1. The van der Waals surface area contributed by atoms with Crippen LogP contribution in [0, 0.1) is 3.57 Å². The summed E-state index contributed by atoms with van der Waals surface area (Å²) in [5.41, 5.74) is 1.93. The van der Waals surface area contributed by atoms with Crippen molar-refractivity contribution < 1.29 is 9.47 Å². The fourth-order valence-electron chi connectivity index (χ4n) is 2.34. The van der Waals surface area contributed by atoms with Crippen molar-refractivity contribution in [3.63, 3.8) is 0 Å². The first-order chi connectivity index (χ1) is 9.83. The van der Waals surface area contributed by atoms with Crippen molar-refractivity contribution in [2.45, 2.75) is 38.5 Å². The highest BCUT2D eigenvalue weighted by Gasteiger charge is 2.13. The number of halogens is 1. The number of hydrogen-bond donors (Lipinski definition) is 0. The van der Waals surface area contributed by atoms with Crippen molar-refractivity contribution >= 4 is 33.6 Å². The summed E-state index contributed by atoms with van der Waals surface area (Å²) in [6.45, 7) is 2.39. The molecule has 3 heterocycles. The Morgan fingerprint density at radius 1 is 1.45 bits per heavy atom. The van der Waals surface area contributed by atoms with Gasteiger partial charge in [-0.15, -0.1) is 0 Å². The molecule has 108 valence electrons. The molecule has 6 heteroatoms. The van der Waals surface area contributed by atoms with Crippen molar-refractivity contribution in [2.75, 3.05) is 13.2 Å². The second-order valence-corrected chi connectivity index (χ2v) is 6.10. The van der Waals surface area contributed by atoms with Gasteiger partial charge < -0.3 is 9.47 Å². The van der Waals surface area contributed by atoms with E-state index in [2.05, 4.69) is 32.7 Å². The molecule has 20 heavy (non-hydrogen) atoms. The van der Waals surface area contributed by atoms with Gasteiger partial charge in [-0.2, -0.15) is 5.10 Å². The SMILES string of the molecule is Ic1ccnc2cn(CCCOC3CCCCO3)nc12. The molecule has 0 N–H and O–H groups in total. The third-order valence-corrected chi connectivity index (χ3v) is 4.25. The zero-order valence-electron chi connectivity index (χ0n) is 11.3. The van der Waals surface area contributed by atoms with Crippen LogP contribution < -0.4 is 0 Å². The second-order valence-electron chi connectivity index (χ2n) is 4.94. The molecule has 3 rings (SSSR count). The first kappa shape index (κ1) is 14.2. The zero-order valence-corrected chi connectivity index (χ0v) is 13.5. The minimum atomic E-state index is 0.00283. The van der Waals surface area contributed by atoms with Gasteiger partial charge in [-0.25, -0.2) is 0 Å². The highest BCUT2D eigenvalue weighted by Crippen LogP contribution is 2.17. The van der Waals surface area contributed by atoms with Crippen LogP contribution in [0.1, 0.15) is 25.7 Å². The van der Waals surface area contributed by atoms with Gasteiger partial charge in [0.2, 0.25) is 0 Å². The third-order valence-electron chi connectivity index (χ3n) is 3.38. The van der Waals surface area contributed by atoms with E-state index in [9.17, 15) is 0 Å². The van der Waals surface area contributed by atoms with Gasteiger partial charge in [0.15, 0.2) is 6.29 Å².